The van der Waals surface area contributed by atoms with Crippen LogP contribution in [0.25, 0.3) is 0 Å². The van der Waals surface area contributed by atoms with Crippen LogP contribution < -0.4 is 10.1 Å². The minimum atomic E-state index is 0.567. The van der Waals surface area contributed by atoms with E-state index >= 15 is 0 Å². The maximum atomic E-state index is 5.50. The normalized spacial score (nSPS) is 22.4. The molecule has 2 atom stereocenters. The Hall–Kier alpha value is -1.28. The van der Waals surface area contributed by atoms with E-state index in [1.54, 1.807) is 6.08 Å². The van der Waals surface area contributed by atoms with E-state index in [1.807, 2.05) is 12.1 Å². The molecule has 20 heavy (non-hydrogen) atoms. The Morgan fingerprint density at radius 3 is 2.70 bits per heavy atom. The number of hydrogen-bond donors (Lipinski definition) is 1. The summed E-state index contributed by atoms with van der Waals surface area (Å²) < 4.78 is 5.50. The molecule has 2 heteroatoms. The fourth-order valence-corrected chi connectivity index (χ4v) is 3.07. The largest absolute Gasteiger partial charge is 0.490 e. The molecule has 1 aliphatic rings. The van der Waals surface area contributed by atoms with Gasteiger partial charge in [0.15, 0.2) is 0 Å². The zero-order valence-electron chi connectivity index (χ0n) is 12.6. The van der Waals surface area contributed by atoms with E-state index in [9.17, 15) is 0 Å². The molecular weight excluding hydrogens is 246 g/mol. The first kappa shape index (κ1) is 15.1. The summed E-state index contributed by atoms with van der Waals surface area (Å²) in [6.45, 7) is 7.50. The van der Waals surface area contributed by atoms with Crippen LogP contribution in [0.1, 0.15) is 44.6 Å². The van der Waals surface area contributed by atoms with Crippen molar-refractivity contribution in [2.75, 3.05) is 6.61 Å². The third-order valence-corrected chi connectivity index (χ3v) is 4.29. The minimum Gasteiger partial charge on any atom is -0.490 e. The number of benzene rings is 1. The first-order chi connectivity index (χ1) is 9.83. The van der Waals surface area contributed by atoms with Gasteiger partial charge < -0.3 is 10.1 Å². The van der Waals surface area contributed by atoms with Crippen molar-refractivity contribution in [3.05, 3.63) is 42.5 Å². The Morgan fingerprint density at radius 2 is 2.00 bits per heavy atom. The highest BCUT2D eigenvalue weighted by Crippen LogP contribution is 2.27. The molecule has 2 rings (SSSR count). The van der Waals surface area contributed by atoms with E-state index in [1.165, 1.54) is 37.7 Å². The lowest BCUT2D eigenvalue weighted by atomic mass is 9.83. The molecule has 1 fully saturated rings. The second-order valence-electron chi connectivity index (χ2n) is 5.68. The molecule has 1 aromatic rings. The van der Waals surface area contributed by atoms with Crippen molar-refractivity contribution in [1.29, 1.82) is 0 Å². The molecule has 0 aromatic heterocycles. The van der Waals surface area contributed by atoms with Crippen molar-refractivity contribution in [2.24, 2.45) is 5.92 Å². The molecule has 1 aliphatic carbocycles. The van der Waals surface area contributed by atoms with Gasteiger partial charge in [-0.25, -0.2) is 0 Å². The third-order valence-electron chi connectivity index (χ3n) is 4.29. The molecule has 1 aromatic carbocycles. The highest BCUT2D eigenvalue weighted by atomic mass is 16.5. The van der Waals surface area contributed by atoms with Crippen LogP contribution in [0.4, 0.5) is 0 Å². The summed E-state index contributed by atoms with van der Waals surface area (Å²) in [5.74, 6) is 1.77. The van der Waals surface area contributed by atoms with E-state index < -0.39 is 0 Å². The average Bonchev–Trinajstić information content (AvgIpc) is 2.52. The quantitative estimate of drug-likeness (QED) is 0.747. The van der Waals surface area contributed by atoms with Crippen LogP contribution >= 0.6 is 0 Å². The first-order valence-electron chi connectivity index (χ1n) is 7.89. The lowest BCUT2D eigenvalue weighted by Crippen LogP contribution is -2.37. The van der Waals surface area contributed by atoms with E-state index in [0.717, 1.165) is 18.2 Å². The van der Waals surface area contributed by atoms with Gasteiger partial charge in [-0.05, 0) is 36.5 Å². The van der Waals surface area contributed by atoms with Gasteiger partial charge in [-0.1, -0.05) is 51.0 Å². The summed E-state index contributed by atoms with van der Waals surface area (Å²) in [5.41, 5.74) is 1.33. The Kier molecular flexibility index (Phi) is 6.13. The summed E-state index contributed by atoms with van der Waals surface area (Å²) in [7, 11) is 0. The van der Waals surface area contributed by atoms with Crippen molar-refractivity contribution < 1.29 is 4.74 Å². The second kappa shape index (κ2) is 8.11. The van der Waals surface area contributed by atoms with Crippen molar-refractivity contribution in [3.8, 4) is 5.75 Å². The van der Waals surface area contributed by atoms with Crippen LogP contribution in [0.2, 0.25) is 0 Å². The Balaban J connectivity index is 1.82. The van der Waals surface area contributed by atoms with Crippen LogP contribution in [-0.2, 0) is 6.54 Å². The molecule has 0 aliphatic heterocycles. The zero-order chi connectivity index (χ0) is 14.2. The number of rotatable bonds is 7. The smallest absolute Gasteiger partial charge is 0.119 e. The average molecular weight is 273 g/mol. The summed E-state index contributed by atoms with van der Waals surface area (Å²) in [6, 6.07) is 9.08. The van der Waals surface area contributed by atoms with Crippen molar-refractivity contribution in [2.45, 2.75) is 51.6 Å². The van der Waals surface area contributed by atoms with Crippen LogP contribution in [0, 0.1) is 5.92 Å². The first-order valence-corrected chi connectivity index (χ1v) is 7.89. The molecule has 0 bridgehead atoms. The van der Waals surface area contributed by atoms with Gasteiger partial charge in [-0.2, -0.15) is 0 Å². The maximum Gasteiger partial charge on any atom is 0.119 e. The van der Waals surface area contributed by atoms with Crippen LogP contribution in [0.3, 0.4) is 0 Å². The van der Waals surface area contributed by atoms with Gasteiger partial charge in [0, 0.05) is 12.6 Å². The minimum absolute atomic E-state index is 0.567. The summed E-state index contributed by atoms with van der Waals surface area (Å²) >= 11 is 0. The van der Waals surface area contributed by atoms with E-state index in [4.69, 9.17) is 4.74 Å². The molecule has 0 spiro atoms. The molecule has 1 saturated carbocycles. The lowest BCUT2D eigenvalue weighted by Gasteiger charge is -2.31. The van der Waals surface area contributed by atoms with E-state index in [-0.39, 0.29) is 0 Å². The fourth-order valence-electron chi connectivity index (χ4n) is 3.07. The zero-order valence-corrected chi connectivity index (χ0v) is 12.6. The molecule has 2 unspecified atom stereocenters. The Bertz CT molecular complexity index is 398. The van der Waals surface area contributed by atoms with E-state index in [0.29, 0.717) is 12.6 Å². The van der Waals surface area contributed by atoms with E-state index in [2.05, 4.69) is 31.0 Å². The second-order valence-corrected chi connectivity index (χ2v) is 5.68. The summed E-state index contributed by atoms with van der Waals surface area (Å²) in [6.07, 6.45) is 8.57. The van der Waals surface area contributed by atoms with Gasteiger partial charge in [0.05, 0.1) is 0 Å². The Morgan fingerprint density at radius 1 is 1.25 bits per heavy atom. The number of hydrogen-bond acceptors (Lipinski definition) is 2. The number of ether oxygens (including phenoxy) is 1. The standard InChI is InChI=1S/C18H27NO/c1-3-13-20-17-11-9-15(10-12-17)14-19-18-8-6-5-7-16(18)4-2/h3,9-12,16,18-19H,1,4-8,13-14H2,2H3. The van der Waals surface area contributed by atoms with Gasteiger partial charge in [-0.3, -0.25) is 0 Å². The molecule has 110 valence electrons. The monoisotopic (exact) mass is 273 g/mol. The van der Waals surface area contributed by atoms with Gasteiger partial charge in [0.25, 0.3) is 0 Å². The molecular formula is C18H27NO. The van der Waals surface area contributed by atoms with Gasteiger partial charge in [-0.15, -0.1) is 0 Å². The molecule has 0 saturated heterocycles. The molecule has 0 amide bonds. The van der Waals surface area contributed by atoms with Gasteiger partial charge >= 0.3 is 0 Å². The predicted octanol–water partition coefficient (Wildman–Crippen LogP) is 4.31. The maximum absolute atomic E-state index is 5.50. The Labute approximate surface area is 123 Å². The highest BCUT2D eigenvalue weighted by molar-refractivity contribution is 5.27. The van der Waals surface area contributed by atoms with Crippen molar-refractivity contribution in [3.63, 3.8) is 0 Å². The van der Waals surface area contributed by atoms with Crippen LogP contribution in [-0.4, -0.2) is 12.6 Å². The third kappa shape index (κ3) is 4.38. The fraction of sp³-hybridized carbons (Fsp3) is 0.556. The SMILES string of the molecule is C=CCOc1ccc(CNC2CCCCC2CC)cc1. The van der Waals surface area contributed by atoms with Crippen LogP contribution in [0.5, 0.6) is 5.75 Å². The molecule has 0 heterocycles. The van der Waals surface area contributed by atoms with Crippen molar-refractivity contribution >= 4 is 0 Å². The topological polar surface area (TPSA) is 21.3 Å². The van der Waals surface area contributed by atoms with Gasteiger partial charge in [0.1, 0.15) is 12.4 Å². The number of nitrogens with one attached hydrogen (secondary N) is 1. The molecule has 2 nitrogen and oxygen atoms in total. The summed E-state index contributed by atoms with van der Waals surface area (Å²) in [4.78, 5) is 0. The lowest BCUT2D eigenvalue weighted by molar-refractivity contribution is 0.254. The highest BCUT2D eigenvalue weighted by Gasteiger charge is 2.22. The summed E-state index contributed by atoms with van der Waals surface area (Å²) in [5, 5.41) is 3.74. The van der Waals surface area contributed by atoms with Crippen molar-refractivity contribution in [1.82, 2.24) is 5.32 Å². The predicted molar refractivity (Wildman–Crippen MR) is 85.0 cm³/mol. The van der Waals surface area contributed by atoms with Gasteiger partial charge in [0.2, 0.25) is 0 Å². The molecule has 1 N–H and O–H groups in total. The molecule has 0 radical (unpaired) electrons. The van der Waals surface area contributed by atoms with Crippen LogP contribution in [0.15, 0.2) is 36.9 Å².